The largest absolute Gasteiger partial charge is 0.443 e. The number of oxazole rings is 1. The number of hydrogen-bond acceptors (Lipinski definition) is 2. The third-order valence-electron chi connectivity index (χ3n) is 1.26. The maximum Gasteiger partial charge on any atom is 0.242 e. The fourth-order valence-corrected chi connectivity index (χ4v) is 0.820. The van der Waals surface area contributed by atoms with E-state index in [-0.39, 0.29) is 0 Å². The van der Waals surface area contributed by atoms with Gasteiger partial charge in [0.15, 0.2) is 0 Å². The fourth-order valence-electron chi connectivity index (χ4n) is 0.820. The van der Waals surface area contributed by atoms with Gasteiger partial charge in [-0.2, -0.15) is 0 Å². The maximum atomic E-state index is 5.04. The van der Waals surface area contributed by atoms with Crippen LogP contribution in [0.3, 0.4) is 0 Å². The lowest BCUT2D eigenvalue weighted by molar-refractivity contribution is 0.572. The van der Waals surface area contributed by atoms with Gasteiger partial charge < -0.3 is 9.40 Å². The van der Waals surface area contributed by atoms with Crippen molar-refractivity contribution in [3.63, 3.8) is 0 Å². The molecular formula is C7H6N2O. The van der Waals surface area contributed by atoms with Crippen molar-refractivity contribution < 1.29 is 4.42 Å². The maximum absolute atomic E-state index is 5.04. The van der Waals surface area contributed by atoms with Crippen LogP contribution in [0.25, 0.3) is 11.6 Å². The van der Waals surface area contributed by atoms with E-state index in [0.29, 0.717) is 5.89 Å². The molecule has 0 fully saturated rings. The highest BCUT2D eigenvalue weighted by Gasteiger charge is 1.99. The minimum atomic E-state index is 0.630. The lowest BCUT2D eigenvalue weighted by Crippen LogP contribution is -1.72. The first kappa shape index (κ1) is 5.29. The van der Waals surface area contributed by atoms with E-state index in [1.54, 1.807) is 12.5 Å². The Morgan fingerprint density at radius 2 is 2.50 bits per heavy atom. The standard InChI is InChI=1S/C7H6N2O/c1-2-6(8-3-1)7-9-4-5-10-7/h1-5,8H. The SMILES string of the molecule is c1c[nH]c(-c2ncco2)c1. The molecule has 3 heteroatoms. The Morgan fingerprint density at radius 1 is 1.50 bits per heavy atom. The molecule has 3 nitrogen and oxygen atoms in total. The predicted octanol–water partition coefficient (Wildman–Crippen LogP) is 1.67. The monoisotopic (exact) mass is 134 g/mol. The molecule has 2 heterocycles. The normalized spacial score (nSPS) is 10.0. The van der Waals surface area contributed by atoms with Crippen molar-refractivity contribution in [1.29, 1.82) is 0 Å². The highest BCUT2D eigenvalue weighted by atomic mass is 16.3. The molecule has 0 radical (unpaired) electrons. The smallest absolute Gasteiger partial charge is 0.242 e. The summed E-state index contributed by atoms with van der Waals surface area (Å²) >= 11 is 0. The Morgan fingerprint density at radius 3 is 3.10 bits per heavy atom. The van der Waals surface area contributed by atoms with Gasteiger partial charge in [0.2, 0.25) is 5.89 Å². The van der Waals surface area contributed by atoms with Gasteiger partial charge in [-0.25, -0.2) is 4.98 Å². The first-order valence-corrected chi connectivity index (χ1v) is 3.00. The molecule has 0 saturated heterocycles. The molecule has 2 aromatic heterocycles. The molecule has 0 spiro atoms. The molecular weight excluding hydrogens is 128 g/mol. The summed E-state index contributed by atoms with van der Waals surface area (Å²) in [6.45, 7) is 0. The lowest BCUT2D eigenvalue weighted by Gasteiger charge is -1.84. The van der Waals surface area contributed by atoms with Gasteiger partial charge in [-0.15, -0.1) is 0 Å². The molecule has 2 rings (SSSR count). The molecule has 0 aliphatic carbocycles. The number of rotatable bonds is 1. The Kier molecular flexibility index (Phi) is 1.07. The van der Waals surface area contributed by atoms with Gasteiger partial charge in [0.1, 0.15) is 12.0 Å². The van der Waals surface area contributed by atoms with Crippen molar-refractivity contribution in [3.8, 4) is 11.6 Å². The first-order chi connectivity index (χ1) is 4.97. The quantitative estimate of drug-likeness (QED) is 0.644. The zero-order valence-corrected chi connectivity index (χ0v) is 5.24. The Hall–Kier alpha value is -1.51. The Bertz CT molecular complexity index is 251. The topological polar surface area (TPSA) is 41.8 Å². The second-order valence-electron chi connectivity index (χ2n) is 1.92. The summed E-state index contributed by atoms with van der Waals surface area (Å²) in [5, 5.41) is 0. The average molecular weight is 134 g/mol. The van der Waals surface area contributed by atoms with E-state index in [1.165, 1.54) is 0 Å². The van der Waals surface area contributed by atoms with Gasteiger partial charge in [0, 0.05) is 6.20 Å². The minimum absolute atomic E-state index is 0.630. The van der Waals surface area contributed by atoms with Crippen LogP contribution < -0.4 is 0 Å². The van der Waals surface area contributed by atoms with Gasteiger partial charge >= 0.3 is 0 Å². The van der Waals surface area contributed by atoms with Gasteiger partial charge in [-0.05, 0) is 12.1 Å². The van der Waals surface area contributed by atoms with Crippen LogP contribution in [0.1, 0.15) is 0 Å². The van der Waals surface area contributed by atoms with E-state index in [2.05, 4.69) is 9.97 Å². The first-order valence-electron chi connectivity index (χ1n) is 3.00. The zero-order chi connectivity index (χ0) is 6.81. The van der Waals surface area contributed by atoms with Gasteiger partial charge in [-0.3, -0.25) is 0 Å². The minimum Gasteiger partial charge on any atom is -0.443 e. The summed E-state index contributed by atoms with van der Waals surface area (Å²) in [5.74, 6) is 0.630. The van der Waals surface area contributed by atoms with E-state index >= 15 is 0 Å². The summed E-state index contributed by atoms with van der Waals surface area (Å²) in [7, 11) is 0. The molecule has 0 amide bonds. The summed E-state index contributed by atoms with van der Waals surface area (Å²) in [6.07, 6.45) is 5.01. The van der Waals surface area contributed by atoms with Crippen LogP contribution in [-0.4, -0.2) is 9.97 Å². The molecule has 50 valence electrons. The predicted molar refractivity (Wildman–Crippen MR) is 36.3 cm³/mol. The van der Waals surface area contributed by atoms with E-state index in [4.69, 9.17) is 4.42 Å². The number of hydrogen-bond donors (Lipinski definition) is 1. The lowest BCUT2D eigenvalue weighted by atomic mass is 10.4. The van der Waals surface area contributed by atoms with E-state index < -0.39 is 0 Å². The second kappa shape index (κ2) is 2.02. The number of nitrogens with one attached hydrogen (secondary N) is 1. The highest BCUT2D eigenvalue weighted by Crippen LogP contribution is 2.12. The van der Waals surface area contributed by atoms with Crippen molar-refractivity contribution in [2.24, 2.45) is 0 Å². The van der Waals surface area contributed by atoms with Crippen LogP contribution in [-0.2, 0) is 0 Å². The zero-order valence-electron chi connectivity index (χ0n) is 5.24. The fraction of sp³-hybridized carbons (Fsp3) is 0. The van der Waals surface area contributed by atoms with Crippen molar-refractivity contribution in [2.45, 2.75) is 0 Å². The van der Waals surface area contributed by atoms with Crippen molar-refractivity contribution >= 4 is 0 Å². The van der Waals surface area contributed by atoms with Crippen LogP contribution in [0, 0.1) is 0 Å². The molecule has 2 aromatic rings. The number of aromatic nitrogens is 2. The summed E-state index contributed by atoms with van der Waals surface area (Å²) in [5.41, 5.74) is 0.907. The number of H-pyrrole nitrogens is 1. The third kappa shape index (κ3) is 0.719. The second-order valence-corrected chi connectivity index (χ2v) is 1.92. The Balaban J connectivity index is 2.48. The summed E-state index contributed by atoms with van der Waals surface area (Å²) < 4.78 is 5.04. The van der Waals surface area contributed by atoms with Gasteiger partial charge in [0.25, 0.3) is 0 Å². The molecule has 0 unspecified atom stereocenters. The molecule has 10 heavy (non-hydrogen) atoms. The summed E-state index contributed by atoms with van der Waals surface area (Å²) in [6, 6.07) is 3.81. The Labute approximate surface area is 57.7 Å². The van der Waals surface area contributed by atoms with Crippen molar-refractivity contribution in [2.75, 3.05) is 0 Å². The van der Waals surface area contributed by atoms with Crippen LogP contribution >= 0.6 is 0 Å². The molecule has 1 N–H and O–H groups in total. The molecule has 0 saturated carbocycles. The third-order valence-corrected chi connectivity index (χ3v) is 1.26. The van der Waals surface area contributed by atoms with Crippen LogP contribution in [0.2, 0.25) is 0 Å². The van der Waals surface area contributed by atoms with E-state index in [1.807, 2.05) is 18.3 Å². The molecule has 0 atom stereocenters. The molecule has 0 bridgehead atoms. The van der Waals surface area contributed by atoms with Crippen LogP contribution in [0.4, 0.5) is 0 Å². The van der Waals surface area contributed by atoms with Crippen LogP contribution in [0.15, 0.2) is 35.2 Å². The average Bonchev–Trinajstić information content (AvgIpc) is 2.59. The molecule has 0 aromatic carbocycles. The number of nitrogens with zero attached hydrogens (tertiary/aromatic N) is 1. The van der Waals surface area contributed by atoms with Crippen LogP contribution in [0.5, 0.6) is 0 Å². The van der Waals surface area contributed by atoms with Gasteiger partial charge in [-0.1, -0.05) is 0 Å². The van der Waals surface area contributed by atoms with Crippen molar-refractivity contribution in [3.05, 3.63) is 30.8 Å². The highest BCUT2D eigenvalue weighted by molar-refractivity contribution is 5.45. The van der Waals surface area contributed by atoms with E-state index in [0.717, 1.165) is 5.69 Å². The molecule has 0 aliphatic rings. The van der Waals surface area contributed by atoms with E-state index in [9.17, 15) is 0 Å². The van der Waals surface area contributed by atoms with Crippen molar-refractivity contribution in [1.82, 2.24) is 9.97 Å². The summed E-state index contributed by atoms with van der Waals surface area (Å²) in [4.78, 5) is 6.94. The number of aromatic amines is 1. The van der Waals surface area contributed by atoms with Gasteiger partial charge in [0.05, 0.1) is 6.20 Å². The molecule has 0 aliphatic heterocycles.